The third-order valence-corrected chi connectivity index (χ3v) is 3.74. The molecule has 0 atom stereocenters. The number of hydrogen-bond donors (Lipinski definition) is 1. The molecule has 1 aromatic rings. The van der Waals surface area contributed by atoms with E-state index in [1.165, 1.54) is 12.1 Å². The molecule has 5 nitrogen and oxygen atoms in total. The number of phenols is 1. The van der Waals surface area contributed by atoms with E-state index in [-0.39, 0.29) is 24.2 Å². The highest BCUT2D eigenvalue weighted by Crippen LogP contribution is 2.32. The summed E-state index contributed by atoms with van der Waals surface area (Å²) in [4.78, 5) is 26.8. The van der Waals surface area contributed by atoms with Gasteiger partial charge in [-0.05, 0) is 43.5 Å². The van der Waals surface area contributed by atoms with E-state index in [0.29, 0.717) is 23.4 Å². The molecule has 0 saturated heterocycles. The Balaban J connectivity index is 2.48. The minimum atomic E-state index is -0.486. The summed E-state index contributed by atoms with van der Waals surface area (Å²) in [5, 5.41) is 9.38. The average molecular weight is 329 g/mol. The van der Waals surface area contributed by atoms with Crippen molar-refractivity contribution in [2.24, 2.45) is 5.92 Å². The van der Waals surface area contributed by atoms with E-state index in [4.69, 9.17) is 4.74 Å². The SMILES string of the molecule is CCOC(=O)C1=C(C)N(CC(C)C)C(=O)/C1=C\c1ccc(O)cc1. The second-order valence-corrected chi connectivity index (χ2v) is 6.14. The predicted octanol–water partition coefficient (Wildman–Crippen LogP) is 3.11. The largest absolute Gasteiger partial charge is 0.508 e. The summed E-state index contributed by atoms with van der Waals surface area (Å²) in [6.07, 6.45) is 1.66. The smallest absolute Gasteiger partial charge is 0.340 e. The first-order valence-electron chi connectivity index (χ1n) is 8.06. The highest BCUT2D eigenvalue weighted by atomic mass is 16.5. The number of phenolic OH excluding ortho intramolecular Hbond substituents is 1. The molecule has 0 aliphatic carbocycles. The van der Waals surface area contributed by atoms with Crippen LogP contribution >= 0.6 is 0 Å². The number of carbonyl (C=O) groups is 2. The quantitative estimate of drug-likeness (QED) is 0.666. The van der Waals surface area contributed by atoms with Crippen LogP contribution in [0.3, 0.4) is 0 Å². The lowest BCUT2D eigenvalue weighted by Gasteiger charge is -2.19. The van der Waals surface area contributed by atoms with E-state index < -0.39 is 5.97 Å². The zero-order valence-corrected chi connectivity index (χ0v) is 14.5. The van der Waals surface area contributed by atoms with Crippen LogP contribution in [0.1, 0.15) is 33.3 Å². The number of ether oxygens (including phenoxy) is 1. The Labute approximate surface area is 142 Å². The van der Waals surface area contributed by atoms with Crippen molar-refractivity contribution in [3.8, 4) is 5.75 Å². The molecular formula is C19H23NO4. The number of rotatable bonds is 5. The summed E-state index contributed by atoms with van der Waals surface area (Å²) in [5.74, 6) is -0.258. The topological polar surface area (TPSA) is 66.8 Å². The maximum Gasteiger partial charge on any atom is 0.340 e. The van der Waals surface area contributed by atoms with E-state index in [0.717, 1.165) is 5.56 Å². The number of allylic oxidation sites excluding steroid dienone is 1. The third-order valence-electron chi connectivity index (χ3n) is 3.74. The highest BCUT2D eigenvalue weighted by molar-refractivity contribution is 6.16. The fourth-order valence-corrected chi connectivity index (χ4v) is 2.65. The molecule has 0 aromatic heterocycles. The molecular weight excluding hydrogens is 306 g/mol. The first-order valence-corrected chi connectivity index (χ1v) is 8.06. The first-order chi connectivity index (χ1) is 11.3. The molecule has 0 unspecified atom stereocenters. The number of aromatic hydroxyl groups is 1. The van der Waals surface area contributed by atoms with Gasteiger partial charge in [0, 0.05) is 12.2 Å². The van der Waals surface area contributed by atoms with Crippen molar-refractivity contribution < 1.29 is 19.4 Å². The Hall–Kier alpha value is -2.56. The lowest BCUT2D eigenvalue weighted by Crippen LogP contribution is -2.28. The number of amides is 1. The second kappa shape index (κ2) is 7.34. The summed E-state index contributed by atoms with van der Waals surface area (Å²) >= 11 is 0. The molecule has 1 N–H and O–H groups in total. The van der Waals surface area contributed by atoms with Gasteiger partial charge in [-0.25, -0.2) is 4.79 Å². The molecule has 0 fully saturated rings. The van der Waals surface area contributed by atoms with Crippen molar-refractivity contribution in [1.82, 2.24) is 4.90 Å². The molecule has 24 heavy (non-hydrogen) atoms. The van der Waals surface area contributed by atoms with Crippen LogP contribution in [0.25, 0.3) is 6.08 Å². The molecule has 2 rings (SSSR count). The molecule has 1 aliphatic heterocycles. The summed E-state index contributed by atoms with van der Waals surface area (Å²) in [6, 6.07) is 6.47. The van der Waals surface area contributed by atoms with Gasteiger partial charge < -0.3 is 14.7 Å². The second-order valence-electron chi connectivity index (χ2n) is 6.14. The predicted molar refractivity (Wildman–Crippen MR) is 92.0 cm³/mol. The van der Waals surface area contributed by atoms with Crippen molar-refractivity contribution in [3.05, 3.63) is 46.7 Å². The van der Waals surface area contributed by atoms with Crippen molar-refractivity contribution in [1.29, 1.82) is 0 Å². The molecule has 0 bridgehead atoms. The van der Waals surface area contributed by atoms with E-state index >= 15 is 0 Å². The molecule has 1 aromatic carbocycles. The maximum absolute atomic E-state index is 12.8. The number of hydrogen-bond acceptors (Lipinski definition) is 4. The molecule has 1 heterocycles. The van der Waals surface area contributed by atoms with Crippen LogP contribution in [0, 0.1) is 5.92 Å². The Morgan fingerprint density at radius 1 is 1.29 bits per heavy atom. The van der Waals surface area contributed by atoms with Crippen LogP contribution in [-0.4, -0.2) is 35.0 Å². The van der Waals surface area contributed by atoms with Gasteiger partial charge >= 0.3 is 5.97 Å². The fourth-order valence-electron chi connectivity index (χ4n) is 2.65. The monoisotopic (exact) mass is 329 g/mol. The lowest BCUT2D eigenvalue weighted by molar-refractivity contribution is -0.138. The van der Waals surface area contributed by atoms with Gasteiger partial charge in [-0.3, -0.25) is 4.79 Å². The number of nitrogens with zero attached hydrogens (tertiary/aromatic N) is 1. The van der Waals surface area contributed by atoms with E-state index in [9.17, 15) is 14.7 Å². The number of esters is 1. The lowest BCUT2D eigenvalue weighted by atomic mass is 10.0. The minimum Gasteiger partial charge on any atom is -0.508 e. The zero-order valence-electron chi connectivity index (χ0n) is 14.5. The van der Waals surface area contributed by atoms with Crippen molar-refractivity contribution in [2.75, 3.05) is 13.2 Å². The van der Waals surface area contributed by atoms with E-state index in [1.807, 2.05) is 13.8 Å². The summed E-state index contributed by atoms with van der Waals surface area (Å²) < 4.78 is 5.13. The third kappa shape index (κ3) is 3.67. The van der Waals surface area contributed by atoms with Gasteiger partial charge in [-0.1, -0.05) is 26.0 Å². The molecule has 5 heteroatoms. The average Bonchev–Trinajstić information content (AvgIpc) is 2.74. The van der Waals surface area contributed by atoms with Gasteiger partial charge in [0.15, 0.2) is 0 Å². The van der Waals surface area contributed by atoms with Crippen LogP contribution in [0.5, 0.6) is 5.75 Å². The Kier molecular flexibility index (Phi) is 5.44. The minimum absolute atomic E-state index is 0.147. The molecule has 0 saturated carbocycles. The zero-order chi connectivity index (χ0) is 17.9. The normalized spacial score (nSPS) is 16.5. The van der Waals surface area contributed by atoms with Crippen molar-refractivity contribution in [2.45, 2.75) is 27.7 Å². The fraction of sp³-hybridized carbons (Fsp3) is 0.368. The maximum atomic E-state index is 12.8. The molecule has 0 radical (unpaired) electrons. The van der Waals surface area contributed by atoms with Crippen LogP contribution in [-0.2, 0) is 14.3 Å². The van der Waals surface area contributed by atoms with Crippen molar-refractivity contribution >= 4 is 18.0 Å². The van der Waals surface area contributed by atoms with Crippen LogP contribution in [0.4, 0.5) is 0 Å². The van der Waals surface area contributed by atoms with Gasteiger partial charge in [-0.2, -0.15) is 0 Å². The number of benzene rings is 1. The van der Waals surface area contributed by atoms with Gasteiger partial charge in [0.25, 0.3) is 5.91 Å². The van der Waals surface area contributed by atoms with Crippen LogP contribution in [0.2, 0.25) is 0 Å². The van der Waals surface area contributed by atoms with Crippen LogP contribution < -0.4 is 0 Å². The molecule has 1 aliphatic rings. The Morgan fingerprint density at radius 2 is 1.92 bits per heavy atom. The Morgan fingerprint density at radius 3 is 2.46 bits per heavy atom. The van der Waals surface area contributed by atoms with Gasteiger partial charge in [0.2, 0.25) is 0 Å². The first kappa shape index (κ1) is 17.8. The summed E-state index contributed by atoms with van der Waals surface area (Å²) in [6.45, 7) is 8.34. The van der Waals surface area contributed by atoms with Crippen LogP contribution in [0.15, 0.2) is 41.1 Å². The number of carbonyl (C=O) groups excluding carboxylic acids is 2. The summed E-state index contributed by atoms with van der Waals surface area (Å²) in [7, 11) is 0. The summed E-state index contributed by atoms with van der Waals surface area (Å²) in [5.41, 5.74) is 2.00. The van der Waals surface area contributed by atoms with E-state index in [2.05, 4.69) is 0 Å². The molecule has 1 amide bonds. The van der Waals surface area contributed by atoms with Gasteiger partial charge in [0.1, 0.15) is 5.75 Å². The van der Waals surface area contributed by atoms with E-state index in [1.54, 1.807) is 37.0 Å². The highest BCUT2D eigenvalue weighted by Gasteiger charge is 2.37. The molecule has 0 spiro atoms. The Bertz CT molecular complexity index is 699. The van der Waals surface area contributed by atoms with Crippen molar-refractivity contribution in [3.63, 3.8) is 0 Å². The molecule has 128 valence electrons. The standard InChI is InChI=1S/C19H23NO4/c1-5-24-19(23)17-13(4)20(11-12(2)3)18(22)16(17)10-14-6-8-15(21)9-7-14/h6-10,12,21H,5,11H2,1-4H3/b16-10-. The van der Waals surface area contributed by atoms with Gasteiger partial charge in [0.05, 0.1) is 17.8 Å². The van der Waals surface area contributed by atoms with Gasteiger partial charge in [-0.15, -0.1) is 0 Å².